The number of carbonyl (C=O) groups excluding carboxylic acids is 1. The van der Waals surface area contributed by atoms with E-state index in [4.69, 9.17) is 9.72 Å². The number of nitrogens with zero attached hydrogens (tertiary/aromatic N) is 6. The summed E-state index contributed by atoms with van der Waals surface area (Å²) in [6.45, 7) is 11.4. The highest BCUT2D eigenvalue weighted by atomic mass is 19.1. The summed E-state index contributed by atoms with van der Waals surface area (Å²) in [6, 6.07) is 15.4. The van der Waals surface area contributed by atoms with Gasteiger partial charge >= 0.3 is 6.09 Å². The minimum Gasteiger partial charge on any atom is -0.444 e. The van der Waals surface area contributed by atoms with Crippen molar-refractivity contribution in [3.63, 3.8) is 0 Å². The number of carbonyl (C=O) groups is 1. The highest BCUT2D eigenvalue weighted by Crippen LogP contribution is 2.37. The molecule has 0 unspecified atom stereocenters. The molecule has 4 aliphatic rings. The number of benzene rings is 2. The zero-order valence-electron chi connectivity index (χ0n) is 23.8. The molecule has 2 aromatic carbocycles. The van der Waals surface area contributed by atoms with Crippen LogP contribution in [0.25, 0.3) is 22.5 Å². The first-order chi connectivity index (χ1) is 19.7. The molecule has 0 aromatic heterocycles. The molecule has 4 aliphatic heterocycles. The molecule has 212 valence electrons. The zero-order chi connectivity index (χ0) is 28.7. The fourth-order valence-corrected chi connectivity index (χ4v) is 5.36. The molecule has 10 heteroatoms. The van der Waals surface area contributed by atoms with Gasteiger partial charge < -0.3 is 24.4 Å². The topological polar surface area (TPSA) is 87.9 Å². The summed E-state index contributed by atoms with van der Waals surface area (Å²) in [7, 11) is 0. The van der Waals surface area contributed by atoms with Gasteiger partial charge in [0.1, 0.15) is 22.9 Å². The number of nitrogens with one attached hydrogen (secondary N) is 1. The molecule has 0 aliphatic carbocycles. The van der Waals surface area contributed by atoms with Crippen LogP contribution in [0.1, 0.15) is 26.3 Å². The first-order valence-electron chi connectivity index (χ1n) is 13.9. The number of anilines is 2. The first-order valence-corrected chi connectivity index (χ1v) is 13.9. The summed E-state index contributed by atoms with van der Waals surface area (Å²) in [5, 5.41) is 3.50. The van der Waals surface area contributed by atoms with Gasteiger partial charge in [-0.25, -0.2) is 19.2 Å². The van der Waals surface area contributed by atoms with Crippen LogP contribution < -0.4 is 15.8 Å². The van der Waals surface area contributed by atoms with Gasteiger partial charge in [-0.1, -0.05) is 24.3 Å². The van der Waals surface area contributed by atoms with E-state index < -0.39 is 11.4 Å². The summed E-state index contributed by atoms with van der Waals surface area (Å²) < 4.78 is 22.8. The normalized spacial score (nSPS) is 15.7. The van der Waals surface area contributed by atoms with E-state index in [1.54, 1.807) is 17.2 Å². The molecule has 1 amide bonds. The van der Waals surface area contributed by atoms with Crippen LogP contribution in [0.3, 0.4) is 0 Å². The molecule has 0 saturated carbocycles. The number of aryl methyl sites for hydroxylation is 1. The van der Waals surface area contributed by atoms with Crippen molar-refractivity contribution in [2.45, 2.75) is 39.8 Å². The Morgan fingerprint density at radius 1 is 1.02 bits per heavy atom. The van der Waals surface area contributed by atoms with Crippen LogP contribution in [0.15, 0.2) is 59.7 Å². The van der Waals surface area contributed by atoms with Gasteiger partial charge in [-0.15, -0.1) is 0 Å². The van der Waals surface area contributed by atoms with Gasteiger partial charge in [0.25, 0.3) is 5.62 Å². The average molecular weight is 556 g/mol. The van der Waals surface area contributed by atoms with Crippen molar-refractivity contribution in [1.29, 1.82) is 0 Å². The summed E-state index contributed by atoms with van der Waals surface area (Å²) in [6.07, 6.45) is 1.43. The quantitative estimate of drug-likeness (QED) is 0.373. The molecule has 4 heterocycles. The summed E-state index contributed by atoms with van der Waals surface area (Å²) >= 11 is 0. The summed E-state index contributed by atoms with van der Waals surface area (Å²) in [5.74, 6) is 1.32. The van der Waals surface area contributed by atoms with Crippen molar-refractivity contribution in [3.05, 3.63) is 71.7 Å². The molecular formula is C31H34FN7O2. The molecule has 1 fully saturated rings. The Kier molecular flexibility index (Phi) is 6.84. The second kappa shape index (κ2) is 10.5. The lowest BCUT2D eigenvalue weighted by molar-refractivity contribution is 0.0240. The predicted molar refractivity (Wildman–Crippen MR) is 157 cm³/mol. The van der Waals surface area contributed by atoms with Crippen molar-refractivity contribution < 1.29 is 13.9 Å². The smallest absolute Gasteiger partial charge is 0.410 e. The second-order valence-electron chi connectivity index (χ2n) is 11.5. The van der Waals surface area contributed by atoms with Gasteiger partial charge in [-0.3, -0.25) is 0 Å². The Balaban J connectivity index is 1.24. The first kappa shape index (κ1) is 26.7. The number of amides is 1. The fraction of sp³-hybridized carbons (Fsp3) is 0.355. The monoisotopic (exact) mass is 555 g/mol. The average Bonchev–Trinajstić information content (AvgIpc) is 3.44. The van der Waals surface area contributed by atoms with E-state index in [2.05, 4.69) is 49.9 Å². The number of hydrogen-bond acceptors (Lipinski definition) is 7. The van der Waals surface area contributed by atoms with Gasteiger partial charge in [0.05, 0.1) is 0 Å². The molecule has 0 atom stereocenters. The third-order valence-electron chi connectivity index (χ3n) is 7.38. The Morgan fingerprint density at radius 2 is 1.80 bits per heavy atom. The zero-order valence-corrected chi connectivity index (χ0v) is 23.8. The third-order valence-corrected chi connectivity index (χ3v) is 7.38. The van der Waals surface area contributed by atoms with E-state index in [1.807, 2.05) is 39.0 Å². The number of fused-ring (bicyclic) bond motifs is 3. The van der Waals surface area contributed by atoms with Crippen LogP contribution in [0.5, 0.6) is 0 Å². The number of rotatable bonds is 3. The maximum atomic E-state index is 15.2. The maximum Gasteiger partial charge on any atom is 0.410 e. The van der Waals surface area contributed by atoms with Crippen LogP contribution in [0.2, 0.25) is 0 Å². The third kappa shape index (κ3) is 5.46. The van der Waals surface area contributed by atoms with Crippen LogP contribution in [0, 0.1) is 12.7 Å². The summed E-state index contributed by atoms with van der Waals surface area (Å²) in [4.78, 5) is 29.7. The largest absolute Gasteiger partial charge is 0.444 e. The minimum atomic E-state index is -0.536. The minimum absolute atomic E-state index is 0.178. The molecule has 0 bridgehead atoms. The highest BCUT2D eigenvalue weighted by Gasteiger charge is 2.26. The standard InChI is InChI=1S/C31H34FN7O2/c1-20-7-5-6-8-23(20)24-17-21-19-34-29(36-27(21)39-12-11-33-28(24)39)35-26-10-9-22(18-25(26)32)37-13-15-38(16-14-37)30(40)41-31(2,3)4/h5-10,17-19,33H,11-16H2,1-4H3. The lowest BCUT2D eigenvalue weighted by atomic mass is 9.99. The number of aromatic nitrogens is 3. The van der Waals surface area contributed by atoms with Gasteiger partial charge in [-0.05, 0) is 63.1 Å². The number of hydrogen-bond donors (Lipinski definition) is 1. The lowest BCUT2D eigenvalue weighted by Gasteiger charge is -2.36. The SMILES string of the molecule is Cc1ccccc1-c1cc2cnc(=Nc3ccc(N4CCN(C(=O)OC(C)(C)C)CC4)cc3F)nc-2n2c1NCC2. The van der Waals surface area contributed by atoms with Crippen molar-refractivity contribution in [1.82, 2.24) is 19.4 Å². The Morgan fingerprint density at radius 3 is 2.54 bits per heavy atom. The van der Waals surface area contributed by atoms with Gasteiger partial charge in [0, 0.05) is 62.3 Å². The van der Waals surface area contributed by atoms with Crippen LogP contribution in [-0.4, -0.2) is 63.9 Å². The summed E-state index contributed by atoms with van der Waals surface area (Å²) in [5.41, 5.74) is 4.95. The van der Waals surface area contributed by atoms with Crippen LogP contribution in [-0.2, 0) is 11.3 Å². The number of halogens is 1. The van der Waals surface area contributed by atoms with Crippen molar-refractivity contribution in [2.75, 3.05) is 42.9 Å². The van der Waals surface area contributed by atoms with E-state index in [1.165, 1.54) is 11.6 Å². The number of pyridine rings is 1. The van der Waals surface area contributed by atoms with E-state index >= 15 is 4.39 Å². The van der Waals surface area contributed by atoms with E-state index in [0.717, 1.165) is 47.1 Å². The number of ether oxygens (including phenoxy) is 1. The molecule has 0 radical (unpaired) electrons. The fourth-order valence-electron chi connectivity index (χ4n) is 5.36. The van der Waals surface area contributed by atoms with Crippen molar-refractivity contribution in [3.8, 4) is 22.5 Å². The second-order valence-corrected chi connectivity index (χ2v) is 11.5. The Hall–Kier alpha value is -4.47. The molecule has 6 rings (SSSR count). The Labute approximate surface area is 238 Å². The number of piperazine rings is 1. The molecule has 9 nitrogen and oxygen atoms in total. The molecule has 0 spiro atoms. The van der Waals surface area contributed by atoms with Gasteiger partial charge in [-0.2, -0.15) is 4.98 Å². The highest BCUT2D eigenvalue weighted by molar-refractivity contribution is 5.83. The van der Waals surface area contributed by atoms with Crippen molar-refractivity contribution in [2.24, 2.45) is 4.99 Å². The van der Waals surface area contributed by atoms with E-state index in [0.29, 0.717) is 26.2 Å². The van der Waals surface area contributed by atoms with E-state index in [9.17, 15) is 4.79 Å². The van der Waals surface area contributed by atoms with Gasteiger partial charge in [0.15, 0.2) is 5.82 Å². The maximum absolute atomic E-state index is 15.2. The molecule has 1 saturated heterocycles. The molecule has 2 aromatic rings. The van der Waals surface area contributed by atoms with Crippen molar-refractivity contribution >= 4 is 23.3 Å². The molecule has 41 heavy (non-hydrogen) atoms. The Bertz CT molecular complexity index is 1650. The lowest BCUT2D eigenvalue weighted by Crippen LogP contribution is -2.50. The van der Waals surface area contributed by atoms with Crippen LogP contribution in [0.4, 0.5) is 26.4 Å². The molecular weight excluding hydrogens is 521 g/mol. The molecule has 1 N–H and O–H groups in total. The predicted octanol–water partition coefficient (Wildman–Crippen LogP) is 5.21. The van der Waals surface area contributed by atoms with Gasteiger partial charge in [0.2, 0.25) is 0 Å². The van der Waals surface area contributed by atoms with E-state index in [-0.39, 0.29) is 17.4 Å². The van der Waals surface area contributed by atoms with Crippen LogP contribution >= 0.6 is 0 Å².